The highest BCUT2D eigenvalue weighted by Gasteiger charge is 2.24. The third-order valence-corrected chi connectivity index (χ3v) is 5.76. The van der Waals surface area contributed by atoms with Crippen LogP contribution in [-0.4, -0.2) is 39.9 Å². The molecule has 1 atom stereocenters. The predicted octanol–water partition coefficient (Wildman–Crippen LogP) is 4.41. The van der Waals surface area contributed by atoms with Gasteiger partial charge in [-0.15, -0.1) is 5.10 Å². The van der Waals surface area contributed by atoms with E-state index in [2.05, 4.69) is 33.6 Å². The summed E-state index contributed by atoms with van der Waals surface area (Å²) in [6.45, 7) is 7.98. The van der Waals surface area contributed by atoms with Gasteiger partial charge >= 0.3 is 6.01 Å². The van der Waals surface area contributed by atoms with Gasteiger partial charge in [-0.25, -0.2) is 18.5 Å². The van der Waals surface area contributed by atoms with Crippen molar-refractivity contribution in [3.63, 3.8) is 0 Å². The molecule has 1 unspecified atom stereocenters. The van der Waals surface area contributed by atoms with Crippen LogP contribution in [0.1, 0.15) is 37.9 Å². The van der Waals surface area contributed by atoms with Gasteiger partial charge in [0.15, 0.2) is 5.82 Å². The number of phenolic OH excluding ortho intramolecular Hbond substituents is 1. The highest BCUT2D eigenvalue weighted by Crippen LogP contribution is 2.35. The Kier molecular flexibility index (Phi) is 5.41. The molecule has 4 aromatic rings. The first kappa shape index (κ1) is 21.8. The number of hydrogen-bond acceptors (Lipinski definition) is 7. The molecule has 32 heavy (non-hydrogen) atoms. The fraction of sp³-hybridized carbons (Fsp3) is 0.318. The molecule has 0 aliphatic heterocycles. The van der Waals surface area contributed by atoms with Gasteiger partial charge < -0.3 is 13.9 Å². The molecule has 0 amide bonds. The van der Waals surface area contributed by atoms with E-state index >= 15 is 0 Å². The second-order valence-electron chi connectivity index (χ2n) is 8.04. The third kappa shape index (κ3) is 3.81. The molecule has 0 bridgehead atoms. The van der Waals surface area contributed by atoms with E-state index < -0.39 is 10.0 Å². The predicted molar refractivity (Wildman–Crippen MR) is 124 cm³/mol. The number of rotatable bonds is 6. The van der Waals surface area contributed by atoms with Crippen LogP contribution < -0.4 is 4.18 Å². The summed E-state index contributed by atoms with van der Waals surface area (Å²) >= 11 is 0. The Bertz CT molecular complexity index is 1420. The maximum Gasteiger partial charge on any atom is 0.337 e. The molecule has 2 heterocycles. The molecule has 0 fully saturated rings. The lowest BCUT2D eigenvalue weighted by Crippen LogP contribution is -2.10. The molecule has 0 aliphatic rings. The van der Waals surface area contributed by atoms with E-state index in [1.54, 1.807) is 17.0 Å². The van der Waals surface area contributed by atoms with Crippen LogP contribution in [0.4, 0.5) is 0 Å². The molecule has 9 nitrogen and oxygen atoms in total. The number of para-hydroxylation sites is 1. The zero-order valence-corrected chi connectivity index (χ0v) is 19.5. The van der Waals surface area contributed by atoms with Crippen LogP contribution in [0.2, 0.25) is 0 Å². The summed E-state index contributed by atoms with van der Waals surface area (Å²) in [4.78, 5) is 4.61. The average Bonchev–Trinajstić information content (AvgIpc) is 3.31. The molecule has 0 saturated heterocycles. The molecule has 4 rings (SSSR count). The monoisotopic (exact) mass is 454 g/mol. The fourth-order valence-corrected chi connectivity index (χ4v) is 4.15. The van der Waals surface area contributed by atoms with Crippen molar-refractivity contribution in [3.8, 4) is 28.8 Å². The van der Waals surface area contributed by atoms with Crippen LogP contribution >= 0.6 is 0 Å². The number of aromatic hydroxyl groups is 1. The molecule has 0 aliphatic carbocycles. The summed E-state index contributed by atoms with van der Waals surface area (Å²) in [6, 6.07) is 9.44. The zero-order valence-electron chi connectivity index (χ0n) is 18.7. The van der Waals surface area contributed by atoms with Crippen LogP contribution in [-0.2, 0) is 16.4 Å². The molecular weight excluding hydrogens is 428 g/mol. The van der Waals surface area contributed by atoms with Crippen LogP contribution in [0.5, 0.6) is 11.8 Å². The van der Waals surface area contributed by atoms with Crippen molar-refractivity contribution >= 4 is 21.0 Å². The minimum absolute atomic E-state index is 0.0559. The Morgan fingerprint density at radius 2 is 2.00 bits per heavy atom. The summed E-state index contributed by atoms with van der Waals surface area (Å²) < 4.78 is 29.0. The Morgan fingerprint density at radius 1 is 1.25 bits per heavy atom. The Hall–Kier alpha value is -3.40. The summed E-state index contributed by atoms with van der Waals surface area (Å²) in [6.07, 6.45) is 3.60. The average molecular weight is 455 g/mol. The van der Waals surface area contributed by atoms with Gasteiger partial charge in [-0.3, -0.25) is 0 Å². The third-order valence-electron chi connectivity index (χ3n) is 5.29. The number of hydrogen-bond donors (Lipinski definition) is 2. The van der Waals surface area contributed by atoms with Gasteiger partial charge in [-0.05, 0) is 62.6 Å². The van der Waals surface area contributed by atoms with Crippen molar-refractivity contribution in [2.24, 2.45) is 0 Å². The van der Waals surface area contributed by atoms with Crippen LogP contribution in [0.3, 0.4) is 0 Å². The van der Waals surface area contributed by atoms with Crippen LogP contribution in [0.25, 0.3) is 28.1 Å². The minimum Gasteiger partial charge on any atom is -0.508 e. The van der Waals surface area contributed by atoms with Crippen molar-refractivity contribution in [2.75, 3.05) is 6.26 Å². The number of imidazole rings is 1. The first-order chi connectivity index (χ1) is 15.1. The zero-order chi connectivity index (χ0) is 23.2. The molecule has 2 aromatic heterocycles. The molecule has 168 valence electrons. The standard InChI is InChI=1S/C22H26N6O3S/c1-6-15-11-16(14(4)10-19(15)29)21-25-26-22(31-32(5,23)30)28(21)18-9-7-8-17-20(18)24-12-27(17)13(2)3/h7-13,23,29H,6H2,1-5H3. The maximum absolute atomic E-state index is 12.2. The van der Waals surface area contributed by atoms with Gasteiger partial charge in [0.25, 0.3) is 0 Å². The number of aryl methyl sites for hydroxylation is 2. The van der Waals surface area contributed by atoms with E-state index in [0.29, 0.717) is 23.4 Å². The van der Waals surface area contributed by atoms with Crippen molar-refractivity contribution in [3.05, 3.63) is 47.8 Å². The number of aromatic nitrogens is 5. The summed E-state index contributed by atoms with van der Waals surface area (Å²) in [5, 5.41) is 18.7. The van der Waals surface area contributed by atoms with Gasteiger partial charge in [-0.2, -0.15) is 0 Å². The SMILES string of the molecule is CCc1cc(-c2nnc(OS(C)(=N)=O)n2-c2cccc3c2ncn3C(C)C)c(C)cc1O. The summed E-state index contributed by atoms with van der Waals surface area (Å²) in [5.41, 5.74) is 4.57. The normalized spacial score (nSPS) is 13.6. The molecule has 2 aromatic carbocycles. The lowest BCUT2D eigenvalue weighted by Gasteiger charge is -2.14. The molecule has 0 saturated carbocycles. The molecular formula is C22H26N6O3S. The van der Waals surface area contributed by atoms with Crippen LogP contribution in [0.15, 0.2) is 36.7 Å². The first-order valence-corrected chi connectivity index (χ1v) is 12.2. The van der Waals surface area contributed by atoms with E-state index in [1.165, 1.54) is 6.26 Å². The molecule has 10 heteroatoms. The Morgan fingerprint density at radius 3 is 2.66 bits per heavy atom. The lowest BCUT2D eigenvalue weighted by atomic mass is 10.0. The number of benzene rings is 2. The van der Waals surface area contributed by atoms with E-state index in [4.69, 9.17) is 8.96 Å². The van der Waals surface area contributed by atoms with Gasteiger partial charge in [0.2, 0.25) is 10.0 Å². The first-order valence-electron chi connectivity index (χ1n) is 10.3. The molecule has 0 spiro atoms. The maximum atomic E-state index is 12.2. The number of nitrogens with one attached hydrogen (secondary N) is 1. The minimum atomic E-state index is -3.36. The van der Waals surface area contributed by atoms with Crippen LogP contribution in [0, 0.1) is 11.7 Å². The van der Waals surface area contributed by atoms with E-state index in [9.17, 15) is 9.32 Å². The van der Waals surface area contributed by atoms with Crippen molar-refractivity contribution in [1.82, 2.24) is 24.3 Å². The van der Waals surface area contributed by atoms with Gasteiger partial charge in [0.05, 0.1) is 23.8 Å². The van der Waals surface area contributed by atoms with E-state index in [-0.39, 0.29) is 17.8 Å². The Balaban J connectivity index is 2.04. The van der Waals surface area contributed by atoms with E-state index in [1.807, 2.05) is 38.1 Å². The quantitative estimate of drug-likeness (QED) is 0.445. The highest BCUT2D eigenvalue weighted by molar-refractivity contribution is 7.87. The van der Waals surface area contributed by atoms with Gasteiger partial charge in [-0.1, -0.05) is 18.1 Å². The van der Waals surface area contributed by atoms with Crippen molar-refractivity contribution in [1.29, 1.82) is 4.78 Å². The second-order valence-corrected chi connectivity index (χ2v) is 9.75. The lowest BCUT2D eigenvalue weighted by molar-refractivity contribution is 0.468. The van der Waals surface area contributed by atoms with Crippen molar-refractivity contribution < 1.29 is 13.5 Å². The number of fused-ring (bicyclic) bond motifs is 1. The fourth-order valence-electron chi connectivity index (χ4n) is 3.75. The number of nitrogens with zero attached hydrogens (tertiary/aromatic N) is 5. The highest BCUT2D eigenvalue weighted by atomic mass is 32.2. The van der Waals surface area contributed by atoms with Gasteiger partial charge in [0, 0.05) is 11.6 Å². The van der Waals surface area contributed by atoms with E-state index in [0.717, 1.165) is 22.2 Å². The van der Waals surface area contributed by atoms with Gasteiger partial charge in [0.1, 0.15) is 11.3 Å². The largest absolute Gasteiger partial charge is 0.508 e. The number of phenols is 1. The smallest absolute Gasteiger partial charge is 0.337 e. The molecule has 0 radical (unpaired) electrons. The Labute approximate surface area is 186 Å². The summed E-state index contributed by atoms with van der Waals surface area (Å²) in [7, 11) is -3.36. The summed E-state index contributed by atoms with van der Waals surface area (Å²) in [5.74, 6) is 0.666. The topological polar surface area (TPSA) is 119 Å². The second kappa shape index (κ2) is 7.94. The molecule has 2 N–H and O–H groups in total. The van der Waals surface area contributed by atoms with Crippen molar-refractivity contribution in [2.45, 2.75) is 40.2 Å².